The zero-order chi connectivity index (χ0) is 16.9. The fourth-order valence-electron chi connectivity index (χ4n) is 3.83. The van der Waals surface area contributed by atoms with Crippen molar-refractivity contribution < 1.29 is 17.9 Å². The van der Waals surface area contributed by atoms with Crippen molar-refractivity contribution in [1.29, 1.82) is 0 Å². The Labute approximate surface area is 141 Å². The van der Waals surface area contributed by atoms with Gasteiger partial charge >= 0.3 is 0 Å². The first kappa shape index (κ1) is 16.1. The molecular weight excluding hydrogens is 330 g/mol. The van der Waals surface area contributed by atoms with E-state index in [1.807, 2.05) is 0 Å². The smallest absolute Gasteiger partial charge is 0.257 e. The fraction of sp³-hybridized carbons (Fsp3) is 0.750. The van der Waals surface area contributed by atoms with Crippen LogP contribution in [-0.2, 0) is 21.6 Å². The van der Waals surface area contributed by atoms with E-state index in [0.29, 0.717) is 24.5 Å². The monoisotopic (exact) mass is 353 g/mol. The van der Waals surface area contributed by atoms with Crippen LogP contribution in [0, 0.1) is 11.8 Å². The maximum Gasteiger partial charge on any atom is 0.257 e. The van der Waals surface area contributed by atoms with Crippen LogP contribution in [0.3, 0.4) is 0 Å². The summed E-state index contributed by atoms with van der Waals surface area (Å²) in [5.41, 5.74) is 0.504. The standard InChI is InChI=1S/C16H23N3O4S/c1-18-7-13(6-17-18)15(20)19-10-16(11-19)14(4-5-24(16,21)22)9-23-8-12-2-3-12/h6-7,12,14H,2-5,8-11H2,1H3/t14-/m0/s1. The Bertz CT molecular complexity index is 747. The molecule has 3 fully saturated rings. The zero-order valence-corrected chi connectivity index (χ0v) is 14.7. The van der Waals surface area contributed by atoms with E-state index in [1.165, 1.54) is 19.0 Å². The highest BCUT2D eigenvalue weighted by Crippen LogP contribution is 2.45. The normalized spacial score (nSPS) is 27.4. The third-order valence-electron chi connectivity index (χ3n) is 5.62. The number of rotatable bonds is 5. The summed E-state index contributed by atoms with van der Waals surface area (Å²) in [7, 11) is -1.42. The van der Waals surface area contributed by atoms with Crippen molar-refractivity contribution in [2.24, 2.45) is 18.9 Å². The number of hydrogen-bond acceptors (Lipinski definition) is 5. The summed E-state index contributed by atoms with van der Waals surface area (Å²) in [4.78, 5) is 14.1. The molecule has 24 heavy (non-hydrogen) atoms. The number of hydrogen-bond donors (Lipinski definition) is 0. The molecule has 1 aliphatic carbocycles. The number of sulfone groups is 1. The number of ether oxygens (including phenoxy) is 1. The van der Waals surface area contributed by atoms with Crippen LogP contribution >= 0.6 is 0 Å². The van der Waals surface area contributed by atoms with E-state index >= 15 is 0 Å². The maximum absolute atomic E-state index is 12.6. The Balaban J connectivity index is 1.43. The number of aryl methyl sites for hydroxylation is 1. The molecular formula is C16H23N3O4S. The summed E-state index contributed by atoms with van der Waals surface area (Å²) < 4.78 is 31.7. The lowest BCUT2D eigenvalue weighted by atomic mass is 9.83. The van der Waals surface area contributed by atoms with Crippen molar-refractivity contribution in [2.75, 3.05) is 32.1 Å². The Hall–Kier alpha value is -1.41. The predicted octanol–water partition coefficient (Wildman–Crippen LogP) is 0.476. The lowest BCUT2D eigenvalue weighted by Gasteiger charge is -2.49. The highest BCUT2D eigenvalue weighted by molar-refractivity contribution is 7.93. The van der Waals surface area contributed by atoms with E-state index in [2.05, 4.69) is 5.10 Å². The molecule has 7 nitrogen and oxygen atoms in total. The zero-order valence-electron chi connectivity index (χ0n) is 13.8. The van der Waals surface area contributed by atoms with Crippen LogP contribution in [0.4, 0.5) is 0 Å². The highest BCUT2D eigenvalue weighted by atomic mass is 32.2. The first-order valence-electron chi connectivity index (χ1n) is 8.49. The molecule has 2 aliphatic heterocycles. The second-order valence-electron chi connectivity index (χ2n) is 7.41. The molecule has 0 aromatic carbocycles. The largest absolute Gasteiger partial charge is 0.381 e. The minimum atomic E-state index is -3.17. The molecule has 0 unspecified atom stereocenters. The van der Waals surface area contributed by atoms with E-state index in [-0.39, 0.29) is 30.7 Å². The van der Waals surface area contributed by atoms with Crippen molar-refractivity contribution >= 4 is 15.7 Å². The van der Waals surface area contributed by atoms with Gasteiger partial charge in [0, 0.05) is 38.9 Å². The van der Waals surface area contributed by atoms with Gasteiger partial charge < -0.3 is 9.64 Å². The van der Waals surface area contributed by atoms with Gasteiger partial charge in [0.05, 0.1) is 24.1 Å². The maximum atomic E-state index is 12.6. The fourth-order valence-corrected chi connectivity index (χ4v) is 6.23. The van der Waals surface area contributed by atoms with Gasteiger partial charge in [0.15, 0.2) is 9.84 Å². The molecule has 2 saturated heterocycles. The number of aromatic nitrogens is 2. The van der Waals surface area contributed by atoms with E-state index in [4.69, 9.17) is 4.74 Å². The van der Waals surface area contributed by atoms with Crippen LogP contribution in [0.25, 0.3) is 0 Å². The van der Waals surface area contributed by atoms with Crippen LogP contribution in [0.2, 0.25) is 0 Å². The molecule has 0 N–H and O–H groups in total. The van der Waals surface area contributed by atoms with E-state index < -0.39 is 14.6 Å². The molecule has 1 atom stereocenters. The third-order valence-corrected chi connectivity index (χ3v) is 8.23. The first-order valence-corrected chi connectivity index (χ1v) is 10.1. The third kappa shape index (κ3) is 2.56. The Morgan fingerprint density at radius 3 is 2.71 bits per heavy atom. The Morgan fingerprint density at radius 2 is 2.08 bits per heavy atom. The summed E-state index contributed by atoms with van der Waals surface area (Å²) in [6.07, 6.45) is 6.27. The van der Waals surface area contributed by atoms with Gasteiger partial charge in [0.1, 0.15) is 4.75 Å². The molecule has 0 radical (unpaired) electrons. The van der Waals surface area contributed by atoms with E-state index in [9.17, 15) is 13.2 Å². The molecule has 1 saturated carbocycles. The lowest BCUT2D eigenvalue weighted by Crippen LogP contribution is -2.68. The lowest BCUT2D eigenvalue weighted by molar-refractivity contribution is 0.0228. The van der Waals surface area contributed by atoms with Gasteiger partial charge in [0.25, 0.3) is 5.91 Å². The van der Waals surface area contributed by atoms with Crippen molar-refractivity contribution in [3.8, 4) is 0 Å². The molecule has 1 aromatic heterocycles. The van der Waals surface area contributed by atoms with E-state index in [0.717, 1.165) is 6.61 Å². The molecule has 8 heteroatoms. The van der Waals surface area contributed by atoms with Gasteiger partial charge in [-0.05, 0) is 25.2 Å². The average molecular weight is 353 g/mol. The van der Waals surface area contributed by atoms with Gasteiger partial charge in [-0.3, -0.25) is 9.48 Å². The van der Waals surface area contributed by atoms with E-state index in [1.54, 1.807) is 22.8 Å². The number of carbonyl (C=O) groups excluding carboxylic acids is 1. The van der Waals surface area contributed by atoms with Gasteiger partial charge in [-0.25, -0.2) is 8.42 Å². The highest BCUT2D eigenvalue weighted by Gasteiger charge is 2.62. The number of nitrogens with zero attached hydrogens (tertiary/aromatic N) is 3. The first-order chi connectivity index (χ1) is 11.4. The summed E-state index contributed by atoms with van der Waals surface area (Å²) in [6, 6.07) is 0. The Morgan fingerprint density at radius 1 is 1.33 bits per heavy atom. The molecule has 0 bridgehead atoms. The molecule has 1 aromatic rings. The summed E-state index contributed by atoms with van der Waals surface area (Å²) >= 11 is 0. The second kappa shape index (κ2) is 5.56. The number of carbonyl (C=O) groups is 1. The van der Waals surface area contributed by atoms with Crippen LogP contribution < -0.4 is 0 Å². The van der Waals surface area contributed by atoms with Gasteiger partial charge in [-0.2, -0.15) is 5.10 Å². The van der Waals surface area contributed by atoms with Crippen molar-refractivity contribution in [1.82, 2.24) is 14.7 Å². The Kier molecular flexibility index (Phi) is 3.72. The topological polar surface area (TPSA) is 81.5 Å². The predicted molar refractivity (Wildman–Crippen MR) is 87.3 cm³/mol. The van der Waals surface area contributed by atoms with Crippen molar-refractivity contribution in [3.05, 3.63) is 18.0 Å². The quantitative estimate of drug-likeness (QED) is 0.769. The van der Waals surface area contributed by atoms with Crippen LogP contribution in [0.1, 0.15) is 29.6 Å². The van der Waals surface area contributed by atoms with Gasteiger partial charge in [0.2, 0.25) is 0 Å². The summed E-state index contributed by atoms with van der Waals surface area (Å²) in [5, 5.41) is 4.00. The summed E-state index contributed by atoms with van der Waals surface area (Å²) in [5.74, 6) is 0.732. The number of likely N-dealkylation sites (tertiary alicyclic amines) is 1. The molecule has 1 amide bonds. The summed E-state index contributed by atoms with van der Waals surface area (Å²) in [6.45, 7) is 1.79. The van der Waals surface area contributed by atoms with Gasteiger partial charge in [-0.1, -0.05) is 0 Å². The molecule has 3 heterocycles. The molecule has 132 valence electrons. The van der Waals surface area contributed by atoms with Crippen molar-refractivity contribution in [2.45, 2.75) is 24.0 Å². The molecule has 4 rings (SSSR count). The van der Waals surface area contributed by atoms with Crippen LogP contribution in [-0.4, -0.2) is 65.8 Å². The van der Waals surface area contributed by atoms with Crippen molar-refractivity contribution in [3.63, 3.8) is 0 Å². The molecule has 3 aliphatic rings. The minimum Gasteiger partial charge on any atom is -0.381 e. The van der Waals surface area contributed by atoms with Gasteiger partial charge in [-0.15, -0.1) is 0 Å². The minimum absolute atomic E-state index is 0.000742. The SMILES string of the molecule is Cn1cc(C(=O)N2CC3(C2)[C@H](COCC2CC2)CCS3(=O)=O)cn1. The number of amides is 1. The van der Waals surface area contributed by atoms with Crippen LogP contribution in [0.15, 0.2) is 12.4 Å². The molecule has 1 spiro atoms. The van der Waals surface area contributed by atoms with Crippen LogP contribution in [0.5, 0.6) is 0 Å². The second-order valence-corrected chi connectivity index (χ2v) is 9.86. The average Bonchev–Trinajstić information content (AvgIpc) is 3.14.